The second-order valence-electron chi connectivity index (χ2n) is 3.50. The number of rotatable bonds is 2. The van der Waals surface area contributed by atoms with Crippen LogP contribution in [0.1, 0.15) is 24.1 Å². The molecule has 0 unspecified atom stereocenters. The third kappa shape index (κ3) is 2.87. The van der Waals surface area contributed by atoms with Crippen LogP contribution in [0.5, 0.6) is 0 Å². The number of benzene rings is 1. The SMILES string of the molecule is C[C@@H](O)[C@@H](N)c1cc(C(F)(F)F)ccc1Cl. The van der Waals surface area contributed by atoms with Crippen LogP contribution in [0, 0.1) is 0 Å². The van der Waals surface area contributed by atoms with Crippen LogP contribution in [0.25, 0.3) is 0 Å². The number of hydrogen-bond donors (Lipinski definition) is 2. The van der Waals surface area contributed by atoms with Gasteiger partial charge in [-0.2, -0.15) is 13.2 Å². The molecule has 0 aliphatic rings. The summed E-state index contributed by atoms with van der Waals surface area (Å²) in [5, 5.41) is 9.34. The minimum absolute atomic E-state index is 0.0893. The maximum atomic E-state index is 12.4. The molecule has 0 bridgehead atoms. The third-order valence-corrected chi connectivity index (χ3v) is 2.55. The van der Waals surface area contributed by atoms with E-state index in [1.54, 1.807) is 0 Å². The summed E-state index contributed by atoms with van der Waals surface area (Å²) in [7, 11) is 0. The Bertz CT molecular complexity index is 379. The zero-order valence-electron chi connectivity index (χ0n) is 8.42. The monoisotopic (exact) mass is 253 g/mol. The molecule has 0 aromatic heterocycles. The highest BCUT2D eigenvalue weighted by molar-refractivity contribution is 6.31. The van der Waals surface area contributed by atoms with E-state index in [1.807, 2.05) is 0 Å². The summed E-state index contributed by atoms with van der Waals surface area (Å²) in [6.45, 7) is 1.39. The molecule has 0 fully saturated rings. The van der Waals surface area contributed by atoms with Gasteiger partial charge in [0.1, 0.15) is 0 Å². The first-order valence-electron chi connectivity index (χ1n) is 4.53. The first kappa shape index (κ1) is 13.3. The molecule has 0 aliphatic carbocycles. The second kappa shape index (κ2) is 4.61. The van der Waals surface area contributed by atoms with Crippen LogP contribution in [0.3, 0.4) is 0 Å². The molecule has 1 aromatic rings. The molecular formula is C10H11ClF3NO. The Morgan fingerprint density at radius 3 is 2.38 bits per heavy atom. The molecule has 0 heterocycles. The largest absolute Gasteiger partial charge is 0.416 e. The van der Waals surface area contributed by atoms with Gasteiger partial charge in [-0.1, -0.05) is 11.6 Å². The van der Waals surface area contributed by atoms with E-state index in [0.717, 1.165) is 18.2 Å². The van der Waals surface area contributed by atoms with Crippen LogP contribution >= 0.6 is 11.6 Å². The van der Waals surface area contributed by atoms with Crippen LogP contribution < -0.4 is 5.73 Å². The molecule has 0 radical (unpaired) electrons. The van der Waals surface area contributed by atoms with Crippen molar-refractivity contribution in [1.29, 1.82) is 0 Å². The highest BCUT2D eigenvalue weighted by atomic mass is 35.5. The molecule has 1 rings (SSSR count). The fourth-order valence-electron chi connectivity index (χ4n) is 1.24. The fourth-order valence-corrected chi connectivity index (χ4v) is 1.48. The highest BCUT2D eigenvalue weighted by Gasteiger charge is 2.31. The minimum atomic E-state index is -4.45. The normalized spacial score (nSPS) is 15.9. The molecule has 16 heavy (non-hydrogen) atoms. The predicted molar refractivity (Wildman–Crippen MR) is 55.1 cm³/mol. The van der Waals surface area contributed by atoms with Gasteiger partial charge in [0, 0.05) is 5.02 Å². The van der Waals surface area contributed by atoms with Crippen molar-refractivity contribution in [1.82, 2.24) is 0 Å². The molecule has 90 valence electrons. The van der Waals surface area contributed by atoms with Crippen molar-refractivity contribution in [2.75, 3.05) is 0 Å². The lowest BCUT2D eigenvalue weighted by atomic mass is 10.0. The number of alkyl halides is 3. The summed E-state index contributed by atoms with van der Waals surface area (Å²) < 4.78 is 37.3. The van der Waals surface area contributed by atoms with Crippen molar-refractivity contribution in [3.63, 3.8) is 0 Å². The molecule has 1 aromatic carbocycles. The fraction of sp³-hybridized carbons (Fsp3) is 0.400. The molecule has 0 saturated carbocycles. The maximum absolute atomic E-state index is 12.4. The van der Waals surface area contributed by atoms with Gasteiger partial charge in [0.15, 0.2) is 0 Å². The molecule has 0 spiro atoms. The van der Waals surface area contributed by atoms with Crippen molar-refractivity contribution in [3.05, 3.63) is 34.3 Å². The molecule has 2 atom stereocenters. The standard InChI is InChI=1S/C10H11ClF3NO/c1-5(16)9(15)7-4-6(10(12,13)14)2-3-8(7)11/h2-5,9,16H,15H2,1H3/t5-,9-/m1/s1. The van der Waals surface area contributed by atoms with Crippen LogP contribution in [0.4, 0.5) is 13.2 Å². The first-order valence-corrected chi connectivity index (χ1v) is 4.91. The number of aliphatic hydroxyl groups excluding tert-OH is 1. The Morgan fingerprint density at radius 2 is 1.94 bits per heavy atom. The smallest absolute Gasteiger partial charge is 0.391 e. The zero-order chi connectivity index (χ0) is 12.5. The number of hydrogen-bond acceptors (Lipinski definition) is 2. The summed E-state index contributed by atoms with van der Waals surface area (Å²) in [5.41, 5.74) is 4.81. The lowest BCUT2D eigenvalue weighted by Gasteiger charge is -2.18. The lowest BCUT2D eigenvalue weighted by molar-refractivity contribution is -0.137. The van der Waals surface area contributed by atoms with E-state index in [2.05, 4.69) is 0 Å². The second-order valence-corrected chi connectivity index (χ2v) is 3.91. The van der Waals surface area contributed by atoms with E-state index in [4.69, 9.17) is 17.3 Å². The Balaban J connectivity index is 3.19. The first-order chi connectivity index (χ1) is 7.23. The summed E-state index contributed by atoms with van der Waals surface area (Å²) in [4.78, 5) is 0. The number of halogens is 4. The molecule has 2 nitrogen and oxygen atoms in total. The Hall–Kier alpha value is -0.780. The van der Waals surface area contributed by atoms with E-state index in [9.17, 15) is 18.3 Å². The zero-order valence-corrected chi connectivity index (χ0v) is 9.18. The molecule has 0 aliphatic heterocycles. The topological polar surface area (TPSA) is 46.2 Å². The maximum Gasteiger partial charge on any atom is 0.416 e. The summed E-state index contributed by atoms with van der Waals surface area (Å²) in [5.74, 6) is 0. The van der Waals surface area contributed by atoms with Crippen molar-refractivity contribution < 1.29 is 18.3 Å². The van der Waals surface area contributed by atoms with Gasteiger partial charge in [-0.25, -0.2) is 0 Å². The van der Waals surface area contributed by atoms with Crippen LogP contribution in [-0.4, -0.2) is 11.2 Å². The van der Waals surface area contributed by atoms with Gasteiger partial charge in [-0.3, -0.25) is 0 Å². The molecule has 3 N–H and O–H groups in total. The molecule has 0 amide bonds. The van der Waals surface area contributed by atoms with Crippen molar-refractivity contribution in [3.8, 4) is 0 Å². The number of aliphatic hydroxyl groups is 1. The van der Waals surface area contributed by atoms with Crippen molar-refractivity contribution >= 4 is 11.6 Å². The quantitative estimate of drug-likeness (QED) is 0.851. The lowest BCUT2D eigenvalue weighted by Crippen LogP contribution is -2.24. The van der Waals surface area contributed by atoms with E-state index in [0.29, 0.717) is 0 Å². The van der Waals surface area contributed by atoms with Gasteiger partial charge in [-0.15, -0.1) is 0 Å². The summed E-state index contributed by atoms with van der Waals surface area (Å²) in [6, 6.07) is 1.93. The van der Waals surface area contributed by atoms with Crippen LogP contribution in [0.2, 0.25) is 5.02 Å². The van der Waals surface area contributed by atoms with E-state index >= 15 is 0 Å². The van der Waals surface area contributed by atoms with Crippen molar-refractivity contribution in [2.24, 2.45) is 5.73 Å². The Kier molecular flexibility index (Phi) is 3.83. The Morgan fingerprint density at radius 1 is 1.38 bits per heavy atom. The van der Waals surface area contributed by atoms with E-state index < -0.39 is 23.9 Å². The minimum Gasteiger partial charge on any atom is -0.391 e. The predicted octanol–water partition coefficient (Wildman–Crippen LogP) is 2.74. The van der Waals surface area contributed by atoms with Gasteiger partial charge in [0.25, 0.3) is 0 Å². The number of nitrogens with two attached hydrogens (primary N) is 1. The van der Waals surface area contributed by atoms with Crippen LogP contribution in [0.15, 0.2) is 18.2 Å². The molecule has 0 saturated heterocycles. The van der Waals surface area contributed by atoms with Gasteiger partial charge < -0.3 is 10.8 Å². The van der Waals surface area contributed by atoms with E-state index in [1.165, 1.54) is 6.92 Å². The van der Waals surface area contributed by atoms with E-state index in [-0.39, 0.29) is 10.6 Å². The van der Waals surface area contributed by atoms with Gasteiger partial charge in [0.05, 0.1) is 17.7 Å². The third-order valence-electron chi connectivity index (χ3n) is 2.20. The van der Waals surface area contributed by atoms with Gasteiger partial charge in [0.2, 0.25) is 0 Å². The van der Waals surface area contributed by atoms with Crippen molar-refractivity contribution in [2.45, 2.75) is 25.2 Å². The van der Waals surface area contributed by atoms with Crippen LogP contribution in [-0.2, 0) is 6.18 Å². The summed E-state index contributed by atoms with van der Waals surface area (Å²) >= 11 is 5.73. The highest BCUT2D eigenvalue weighted by Crippen LogP contribution is 2.33. The van der Waals surface area contributed by atoms with Gasteiger partial charge in [-0.05, 0) is 30.7 Å². The average Bonchev–Trinajstić information content (AvgIpc) is 2.15. The van der Waals surface area contributed by atoms with Gasteiger partial charge >= 0.3 is 6.18 Å². The summed E-state index contributed by atoms with van der Waals surface area (Å²) in [6.07, 6.45) is -5.42. The molecule has 6 heteroatoms. The molecular weight excluding hydrogens is 243 g/mol. The Labute approximate surface area is 95.8 Å². The average molecular weight is 254 g/mol.